The van der Waals surface area contributed by atoms with Gasteiger partial charge in [0.25, 0.3) is 0 Å². The molecule has 2 aromatic carbocycles. The van der Waals surface area contributed by atoms with Crippen LogP contribution in [-0.2, 0) is 19.6 Å². The zero-order valence-corrected chi connectivity index (χ0v) is 25.0. The lowest BCUT2D eigenvalue weighted by Crippen LogP contribution is -2.59. The Balaban J connectivity index is 1.93. The Morgan fingerprint density at radius 3 is 2.26 bits per heavy atom. The van der Waals surface area contributed by atoms with Gasteiger partial charge in [-0.2, -0.15) is 4.31 Å². The molecule has 7 nitrogen and oxygen atoms in total. The van der Waals surface area contributed by atoms with Gasteiger partial charge in [-0.25, -0.2) is 8.42 Å². The number of sulfonamides is 1. The molecule has 1 N–H and O–H groups in total. The Bertz CT molecular complexity index is 1330. The van der Waals surface area contributed by atoms with Crippen molar-refractivity contribution < 1.29 is 23.1 Å². The van der Waals surface area contributed by atoms with Crippen LogP contribution in [0.25, 0.3) is 0 Å². The fourth-order valence-electron chi connectivity index (χ4n) is 6.10. The van der Waals surface area contributed by atoms with Gasteiger partial charge in [-0.3, -0.25) is 9.59 Å². The predicted molar refractivity (Wildman–Crippen MR) is 153 cm³/mol. The number of nitrogens with zero attached hydrogens (tertiary/aromatic N) is 2. The minimum atomic E-state index is -3.56. The van der Waals surface area contributed by atoms with E-state index in [1.165, 1.54) is 10.6 Å². The summed E-state index contributed by atoms with van der Waals surface area (Å²) in [6.07, 6.45) is 2.91. The van der Waals surface area contributed by atoms with E-state index in [0.29, 0.717) is 16.5 Å². The monoisotopic (exact) mass is 594 g/mol. The number of carboxylic acid groups (broad SMARTS) is 1. The zero-order valence-electron chi connectivity index (χ0n) is 22.7. The van der Waals surface area contributed by atoms with Crippen molar-refractivity contribution >= 4 is 45.1 Å². The highest BCUT2D eigenvalue weighted by Gasteiger charge is 2.55. The normalized spacial score (nSPS) is 24.8. The zero-order chi connectivity index (χ0) is 28.7. The molecule has 0 spiro atoms. The van der Waals surface area contributed by atoms with E-state index in [2.05, 4.69) is 0 Å². The van der Waals surface area contributed by atoms with Gasteiger partial charge in [-0.1, -0.05) is 54.4 Å². The minimum absolute atomic E-state index is 0.110. The van der Waals surface area contributed by atoms with Crippen LogP contribution < -0.4 is 0 Å². The lowest BCUT2D eigenvalue weighted by Gasteiger charge is -2.52. The van der Waals surface area contributed by atoms with Crippen LogP contribution in [-0.4, -0.2) is 59.5 Å². The third-order valence-corrected chi connectivity index (χ3v) is 9.93. The third-order valence-electron chi connectivity index (χ3n) is 8.02. The van der Waals surface area contributed by atoms with Crippen LogP contribution in [0.4, 0.5) is 0 Å². The lowest BCUT2D eigenvalue weighted by atomic mass is 9.67. The van der Waals surface area contributed by atoms with Crippen molar-refractivity contribution in [2.45, 2.75) is 70.5 Å². The molecule has 1 heterocycles. The number of piperidine rings is 1. The Hall–Kier alpha value is -2.13. The lowest BCUT2D eigenvalue weighted by molar-refractivity contribution is -0.161. The fourth-order valence-corrected chi connectivity index (χ4v) is 7.62. The van der Waals surface area contributed by atoms with Crippen molar-refractivity contribution in [3.05, 3.63) is 69.7 Å². The van der Waals surface area contributed by atoms with E-state index in [-0.39, 0.29) is 36.8 Å². The highest BCUT2D eigenvalue weighted by atomic mass is 35.5. The van der Waals surface area contributed by atoms with E-state index in [1.807, 2.05) is 49.1 Å². The largest absolute Gasteiger partial charge is 0.481 e. The molecule has 1 saturated carbocycles. The third kappa shape index (κ3) is 6.62. The maximum absolute atomic E-state index is 14.5. The number of benzene rings is 2. The van der Waals surface area contributed by atoms with E-state index in [1.54, 1.807) is 25.1 Å². The van der Waals surface area contributed by atoms with Gasteiger partial charge in [-0.15, -0.1) is 0 Å². The van der Waals surface area contributed by atoms with Gasteiger partial charge in [0.2, 0.25) is 15.9 Å². The summed E-state index contributed by atoms with van der Waals surface area (Å²) in [7, 11) is -3.56. The van der Waals surface area contributed by atoms with Crippen molar-refractivity contribution in [2.24, 2.45) is 11.3 Å². The topological polar surface area (TPSA) is 95.0 Å². The van der Waals surface area contributed by atoms with Crippen molar-refractivity contribution in [3.63, 3.8) is 0 Å². The molecule has 1 amide bonds. The number of carbonyl (C=O) groups is 2. The highest BCUT2D eigenvalue weighted by molar-refractivity contribution is 7.88. The molecule has 0 aromatic heterocycles. The molecule has 0 bridgehead atoms. The predicted octanol–water partition coefficient (Wildman–Crippen LogP) is 5.98. The number of carboxylic acids is 1. The van der Waals surface area contributed by atoms with Crippen LogP contribution in [0, 0.1) is 11.3 Å². The van der Waals surface area contributed by atoms with Crippen LogP contribution in [0.3, 0.4) is 0 Å². The van der Waals surface area contributed by atoms with Crippen LogP contribution in [0.1, 0.15) is 69.5 Å². The van der Waals surface area contributed by atoms with Gasteiger partial charge in [0.05, 0.1) is 24.1 Å². The number of rotatable bonds is 10. The Morgan fingerprint density at radius 1 is 1.10 bits per heavy atom. The van der Waals surface area contributed by atoms with Gasteiger partial charge in [0.1, 0.15) is 0 Å². The van der Waals surface area contributed by atoms with Crippen LogP contribution in [0.5, 0.6) is 0 Å². The fraction of sp³-hybridized carbons (Fsp3) is 0.517. The van der Waals surface area contributed by atoms with E-state index >= 15 is 0 Å². The van der Waals surface area contributed by atoms with Gasteiger partial charge in [0.15, 0.2) is 0 Å². The number of hydrogen-bond donors (Lipinski definition) is 1. The van der Waals surface area contributed by atoms with Crippen molar-refractivity contribution in [2.75, 3.05) is 12.8 Å². The first-order valence-electron chi connectivity index (χ1n) is 13.2. The maximum Gasteiger partial charge on any atom is 0.304 e. The molecule has 212 valence electrons. The molecule has 2 unspecified atom stereocenters. The Labute approximate surface area is 241 Å². The molecule has 4 atom stereocenters. The standard InChI is InChI=1S/C29H36Cl2N2O5S/c1-18(2)32(39(4,37)38)17-25(19-8-9-19)33-27(20-10-12-22(30)13-11-20)24(21-6-5-7-23(31)14-21)15-29(3,28(33)36)16-26(34)35/h5-7,10-14,18-19,24-25,27H,8-9,15-17H2,1-4H3,(H,34,35)/t24?,25?,27-,29-/m1/s1. The summed E-state index contributed by atoms with van der Waals surface area (Å²) in [5.41, 5.74) is 0.564. The quantitative estimate of drug-likeness (QED) is 0.365. The summed E-state index contributed by atoms with van der Waals surface area (Å²) >= 11 is 12.6. The molecular weight excluding hydrogens is 559 g/mol. The van der Waals surface area contributed by atoms with E-state index < -0.39 is 33.5 Å². The highest BCUT2D eigenvalue weighted by Crippen LogP contribution is 2.54. The number of halogens is 2. The first-order chi connectivity index (χ1) is 18.2. The van der Waals surface area contributed by atoms with E-state index in [9.17, 15) is 23.1 Å². The minimum Gasteiger partial charge on any atom is -0.481 e. The summed E-state index contributed by atoms with van der Waals surface area (Å²) in [5.74, 6) is -1.49. The smallest absolute Gasteiger partial charge is 0.304 e. The molecule has 1 aliphatic carbocycles. The van der Waals surface area contributed by atoms with Crippen molar-refractivity contribution in [1.82, 2.24) is 9.21 Å². The number of amides is 1. The van der Waals surface area contributed by atoms with Crippen molar-refractivity contribution in [3.8, 4) is 0 Å². The summed E-state index contributed by atoms with van der Waals surface area (Å²) in [6.45, 7) is 5.50. The molecule has 2 aliphatic rings. The van der Waals surface area contributed by atoms with Gasteiger partial charge < -0.3 is 10.0 Å². The Morgan fingerprint density at radius 2 is 1.74 bits per heavy atom. The number of likely N-dealkylation sites (tertiary alicyclic amines) is 1. The second-order valence-corrected chi connectivity index (χ2v) is 14.3. The molecule has 4 rings (SSSR count). The molecule has 2 fully saturated rings. The van der Waals surface area contributed by atoms with Crippen molar-refractivity contribution in [1.29, 1.82) is 0 Å². The second kappa shape index (κ2) is 11.4. The summed E-state index contributed by atoms with van der Waals surface area (Å²) in [5, 5.41) is 10.9. The first-order valence-corrected chi connectivity index (χ1v) is 15.8. The molecule has 10 heteroatoms. The van der Waals surface area contributed by atoms with Gasteiger partial charge >= 0.3 is 5.97 Å². The molecule has 0 radical (unpaired) electrons. The van der Waals surface area contributed by atoms with E-state index in [0.717, 1.165) is 24.0 Å². The average Bonchev–Trinajstić information content (AvgIpc) is 3.66. The summed E-state index contributed by atoms with van der Waals surface area (Å²) < 4.78 is 27.1. The molecule has 2 aromatic rings. The van der Waals surface area contributed by atoms with E-state index in [4.69, 9.17) is 23.2 Å². The van der Waals surface area contributed by atoms with Crippen LogP contribution in [0.15, 0.2) is 48.5 Å². The average molecular weight is 596 g/mol. The molecule has 39 heavy (non-hydrogen) atoms. The molecule has 1 aliphatic heterocycles. The molecule has 1 saturated heterocycles. The SMILES string of the molecule is CC(C)N(CC(C1CC1)N1C(=O)[C@@](C)(CC(=O)O)CC(c2cccc(Cl)c2)[C@H]1c1ccc(Cl)cc1)S(C)(=O)=O. The summed E-state index contributed by atoms with van der Waals surface area (Å²) in [4.78, 5) is 28.3. The second-order valence-electron chi connectivity index (χ2n) is 11.5. The number of aliphatic carboxylic acids is 1. The van der Waals surface area contributed by atoms with Crippen LogP contribution >= 0.6 is 23.2 Å². The van der Waals surface area contributed by atoms with Crippen LogP contribution in [0.2, 0.25) is 10.0 Å². The van der Waals surface area contributed by atoms with Gasteiger partial charge in [0, 0.05) is 34.6 Å². The van der Waals surface area contributed by atoms with Gasteiger partial charge in [-0.05, 0) is 74.4 Å². The number of hydrogen-bond acceptors (Lipinski definition) is 4. The number of carbonyl (C=O) groups excluding carboxylic acids is 1. The summed E-state index contributed by atoms with van der Waals surface area (Å²) in [6, 6.07) is 13.6. The first kappa shape index (κ1) is 29.8. The molecular formula is C29H36Cl2N2O5S. The maximum atomic E-state index is 14.5. The Kier molecular flexibility index (Phi) is 8.72.